The molecular formula is C10H12F2N2O2. The van der Waals surface area contributed by atoms with Gasteiger partial charge < -0.3 is 10.5 Å². The SMILES string of the molecule is CCOC(=O)Cc1nccc(N)c1C(F)F. The van der Waals surface area contributed by atoms with Gasteiger partial charge in [-0.1, -0.05) is 0 Å². The second kappa shape index (κ2) is 5.39. The van der Waals surface area contributed by atoms with Crippen molar-refractivity contribution in [1.29, 1.82) is 0 Å². The molecular weight excluding hydrogens is 218 g/mol. The molecule has 1 rings (SSSR count). The lowest BCUT2D eigenvalue weighted by molar-refractivity contribution is -0.142. The zero-order chi connectivity index (χ0) is 12.1. The quantitative estimate of drug-likeness (QED) is 0.799. The molecule has 0 aliphatic heterocycles. The standard InChI is InChI=1S/C10H12F2N2O2/c1-2-16-8(15)5-7-9(10(11)12)6(13)3-4-14-7/h3-4,10H,2,5H2,1H3,(H2,13,14). The van der Waals surface area contributed by atoms with E-state index in [9.17, 15) is 13.6 Å². The molecule has 0 bridgehead atoms. The van der Waals surface area contributed by atoms with Crippen LogP contribution >= 0.6 is 0 Å². The Balaban J connectivity index is 2.95. The van der Waals surface area contributed by atoms with Crippen LogP contribution in [0.25, 0.3) is 0 Å². The maximum atomic E-state index is 12.7. The van der Waals surface area contributed by atoms with E-state index in [1.165, 1.54) is 12.3 Å². The van der Waals surface area contributed by atoms with E-state index in [0.29, 0.717) is 0 Å². The van der Waals surface area contributed by atoms with Gasteiger partial charge in [-0.15, -0.1) is 0 Å². The van der Waals surface area contributed by atoms with Crippen LogP contribution in [0.2, 0.25) is 0 Å². The first-order valence-corrected chi connectivity index (χ1v) is 4.73. The predicted octanol–water partition coefficient (Wildman–Crippen LogP) is 1.71. The van der Waals surface area contributed by atoms with Gasteiger partial charge in [0, 0.05) is 11.9 Å². The van der Waals surface area contributed by atoms with E-state index >= 15 is 0 Å². The molecule has 4 nitrogen and oxygen atoms in total. The van der Waals surface area contributed by atoms with Gasteiger partial charge in [-0.2, -0.15) is 0 Å². The number of aromatic nitrogens is 1. The molecule has 2 N–H and O–H groups in total. The van der Waals surface area contributed by atoms with Crippen molar-refractivity contribution in [2.45, 2.75) is 19.8 Å². The Kier molecular flexibility index (Phi) is 4.16. The molecule has 1 heterocycles. The van der Waals surface area contributed by atoms with Crippen LogP contribution in [0.4, 0.5) is 14.5 Å². The fourth-order valence-corrected chi connectivity index (χ4v) is 1.28. The van der Waals surface area contributed by atoms with E-state index < -0.39 is 18.0 Å². The van der Waals surface area contributed by atoms with Gasteiger partial charge in [0.05, 0.1) is 24.3 Å². The number of hydrogen-bond acceptors (Lipinski definition) is 4. The molecule has 1 aromatic heterocycles. The summed E-state index contributed by atoms with van der Waals surface area (Å²) < 4.78 is 30.0. The average Bonchev–Trinajstić information content (AvgIpc) is 2.17. The van der Waals surface area contributed by atoms with Crippen LogP contribution in [0, 0.1) is 0 Å². The number of nitrogens with two attached hydrogens (primary N) is 1. The van der Waals surface area contributed by atoms with Crippen molar-refractivity contribution in [2.24, 2.45) is 0 Å². The smallest absolute Gasteiger partial charge is 0.311 e. The third-order valence-corrected chi connectivity index (χ3v) is 1.94. The first-order chi connectivity index (χ1) is 7.56. The number of carbonyl (C=O) groups is 1. The van der Waals surface area contributed by atoms with Gasteiger partial charge in [-0.05, 0) is 13.0 Å². The van der Waals surface area contributed by atoms with Crippen molar-refractivity contribution < 1.29 is 18.3 Å². The monoisotopic (exact) mass is 230 g/mol. The van der Waals surface area contributed by atoms with E-state index in [2.05, 4.69) is 9.72 Å². The first kappa shape index (κ1) is 12.4. The molecule has 0 radical (unpaired) electrons. The largest absolute Gasteiger partial charge is 0.466 e. The van der Waals surface area contributed by atoms with E-state index in [1.54, 1.807) is 6.92 Å². The van der Waals surface area contributed by atoms with Gasteiger partial charge >= 0.3 is 5.97 Å². The highest BCUT2D eigenvalue weighted by Gasteiger charge is 2.19. The van der Waals surface area contributed by atoms with Crippen LogP contribution in [0.3, 0.4) is 0 Å². The van der Waals surface area contributed by atoms with Gasteiger partial charge in [0.25, 0.3) is 6.43 Å². The number of halogens is 2. The van der Waals surface area contributed by atoms with Crippen LogP contribution in [0.5, 0.6) is 0 Å². The Hall–Kier alpha value is -1.72. The fourth-order valence-electron chi connectivity index (χ4n) is 1.28. The summed E-state index contributed by atoms with van der Waals surface area (Å²) >= 11 is 0. The first-order valence-electron chi connectivity index (χ1n) is 4.73. The van der Waals surface area contributed by atoms with Crippen molar-refractivity contribution >= 4 is 11.7 Å². The Labute approximate surface area is 91.4 Å². The molecule has 16 heavy (non-hydrogen) atoms. The minimum absolute atomic E-state index is 0.0338. The summed E-state index contributed by atoms with van der Waals surface area (Å²) in [6.07, 6.45) is -1.76. The number of carbonyl (C=O) groups excluding carboxylic acids is 1. The van der Waals surface area contributed by atoms with Crippen LogP contribution in [0.15, 0.2) is 12.3 Å². The lowest BCUT2D eigenvalue weighted by Crippen LogP contribution is -2.12. The molecule has 0 saturated heterocycles. The number of nitrogens with zero attached hydrogens (tertiary/aromatic N) is 1. The summed E-state index contributed by atoms with van der Waals surface area (Å²) in [7, 11) is 0. The van der Waals surface area contributed by atoms with Crippen molar-refractivity contribution in [3.05, 3.63) is 23.5 Å². The summed E-state index contributed by atoms with van der Waals surface area (Å²) in [6, 6.07) is 1.27. The molecule has 0 saturated carbocycles. The van der Waals surface area contributed by atoms with Crippen molar-refractivity contribution in [2.75, 3.05) is 12.3 Å². The number of alkyl halides is 2. The minimum Gasteiger partial charge on any atom is -0.466 e. The molecule has 0 fully saturated rings. The Morgan fingerprint density at radius 1 is 1.62 bits per heavy atom. The van der Waals surface area contributed by atoms with Gasteiger partial charge in [0.1, 0.15) is 0 Å². The molecule has 0 unspecified atom stereocenters. The van der Waals surface area contributed by atoms with E-state index in [-0.39, 0.29) is 24.4 Å². The predicted molar refractivity (Wildman–Crippen MR) is 53.9 cm³/mol. The molecule has 0 aliphatic rings. The topological polar surface area (TPSA) is 65.2 Å². The maximum Gasteiger partial charge on any atom is 0.311 e. The third kappa shape index (κ3) is 2.88. The zero-order valence-electron chi connectivity index (χ0n) is 8.74. The molecule has 0 atom stereocenters. The molecule has 0 aliphatic carbocycles. The van der Waals surface area contributed by atoms with Crippen molar-refractivity contribution in [3.63, 3.8) is 0 Å². The average molecular weight is 230 g/mol. The summed E-state index contributed by atoms with van der Waals surface area (Å²) in [5.74, 6) is -0.595. The number of esters is 1. The molecule has 0 spiro atoms. The van der Waals surface area contributed by atoms with Gasteiger partial charge in [-0.25, -0.2) is 8.78 Å². The van der Waals surface area contributed by atoms with Gasteiger partial charge in [0.15, 0.2) is 0 Å². The van der Waals surface area contributed by atoms with E-state index in [1.807, 2.05) is 0 Å². The Bertz CT molecular complexity index is 383. The van der Waals surface area contributed by atoms with Gasteiger partial charge in [0.2, 0.25) is 0 Å². The van der Waals surface area contributed by atoms with Crippen molar-refractivity contribution in [3.8, 4) is 0 Å². The number of anilines is 1. The molecule has 0 amide bonds. The highest BCUT2D eigenvalue weighted by Crippen LogP contribution is 2.27. The molecule has 1 aromatic rings. The van der Waals surface area contributed by atoms with E-state index in [0.717, 1.165) is 0 Å². The number of rotatable bonds is 4. The summed E-state index contributed by atoms with van der Waals surface area (Å²) in [6.45, 7) is 1.84. The number of hydrogen-bond donors (Lipinski definition) is 1. The Morgan fingerprint density at radius 3 is 2.88 bits per heavy atom. The lowest BCUT2D eigenvalue weighted by atomic mass is 10.1. The van der Waals surface area contributed by atoms with Crippen LogP contribution in [-0.2, 0) is 16.0 Å². The third-order valence-electron chi connectivity index (χ3n) is 1.94. The zero-order valence-corrected chi connectivity index (χ0v) is 8.74. The molecule has 0 aromatic carbocycles. The highest BCUT2D eigenvalue weighted by atomic mass is 19.3. The second-order valence-corrected chi connectivity index (χ2v) is 3.04. The van der Waals surface area contributed by atoms with Gasteiger partial charge in [-0.3, -0.25) is 9.78 Å². The van der Waals surface area contributed by atoms with Crippen LogP contribution < -0.4 is 5.73 Å². The molecule has 88 valence electrons. The van der Waals surface area contributed by atoms with Crippen LogP contribution in [-0.4, -0.2) is 17.6 Å². The highest BCUT2D eigenvalue weighted by molar-refractivity contribution is 5.73. The summed E-state index contributed by atoms with van der Waals surface area (Å²) in [4.78, 5) is 14.9. The lowest BCUT2D eigenvalue weighted by Gasteiger charge is -2.09. The normalized spacial score (nSPS) is 10.5. The maximum absolute atomic E-state index is 12.7. The van der Waals surface area contributed by atoms with E-state index in [4.69, 9.17) is 5.73 Å². The van der Waals surface area contributed by atoms with Crippen molar-refractivity contribution in [1.82, 2.24) is 4.98 Å². The Morgan fingerprint density at radius 2 is 2.31 bits per heavy atom. The fraction of sp³-hybridized carbons (Fsp3) is 0.400. The summed E-state index contributed by atoms with van der Waals surface area (Å²) in [5.41, 5.74) is 4.91. The summed E-state index contributed by atoms with van der Waals surface area (Å²) in [5, 5.41) is 0. The molecule has 6 heteroatoms. The minimum atomic E-state index is -2.75. The number of pyridine rings is 1. The number of ether oxygens (including phenoxy) is 1. The van der Waals surface area contributed by atoms with Crippen LogP contribution in [0.1, 0.15) is 24.6 Å². The number of nitrogen functional groups attached to an aromatic ring is 1. The second-order valence-electron chi connectivity index (χ2n) is 3.04.